The van der Waals surface area contributed by atoms with Crippen LogP contribution >= 0.6 is 0 Å². The van der Waals surface area contributed by atoms with Gasteiger partial charge < -0.3 is 8.83 Å². The van der Waals surface area contributed by atoms with Gasteiger partial charge >= 0.3 is 0 Å². The predicted molar refractivity (Wildman–Crippen MR) is 366 cm³/mol. The fraction of sp³-hybridized carbons (Fsp3) is 0.195. The quantitative estimate of drug-likeness (QED) is 0.161. The van der Waals surface area contributed by atoms with Gasteiger partial charge in [0, 0.05) is 54.3 Å². The van der Waals surface area contributed by atoms with Crippen LogP contribution in [0.3, 0.4) is 0 Å². The van der Waals surface area contributed by atoms with Crippen molar-refractivity contribution in [3.05, 3.63) is 226 Å². The summed E-state index contributed by atoms with van der Waals surface area (Å²) in [5.41, 5.74) is 36.1. The third-order valence-corrected chi connectivity index (χ3v) is 30.1. The van der Waals surface area contributed by atoms with Gasteiger partial charge in [0.2, 0.25) is 0 Å². The van der Waals surface area contributed by atoms with Crippen LogP contribution in [0, 0.1) is 0 Å². The van der Waals surface area contributed by atoms with E-state index in [4.69, 9.17) is 8.83 Å². The second-order valence-corrected chi connectivity index (χ2v) is 38.1. The van der Waals surface area contributed by atoms with Gasteiger partial charge in [0.25, 0.3) is 0 Å². The fourth-order valence-electron chi connectivity index (χ4n) is 18.3. The van der Waals surface area contributed by atoms with Crippen molar-refractivity contribution in [1.82, 2.24) is 0 Å². The Morgan fingerprint density at radius 3 is 1.14 bits per heavy atom. The molecule has 0 saturated carbocycles. The van der Waals surface area contributed by atoms with Crippen molar-refractivity contribution in [3.63, 3.8) is 0 Å². The van der Waals surface area contributed by atoms with Gasteiger partial charge in [-0.15, -0.1) is 0 Å². The highest BCUT2D eigenvalue weighted by atomic mass is 28.3. The molecule has 2 nitrogen and oxygen atoms in total. The lowest BCUT2D eigenvalue weighted by Gasteiger charge is -2.24. The zero-order valence-electron chi connectivity index (χ0n) is 51.1. The summed E-state index contributed by atoms with van der Waals surface area (Å²) in [6, 6.07) is 71.0. The molecular weight excluding hydrogens is 1070 g/mol. The molecule has 6 aliphatic rings. The summed E-state index contributed by atoms with van der Waals surface area (Å²) in [4.78, 5) is 0. The maximum atomic E-state index is 7.31. The Morgan fingerprint density at radius 2 is 0.628 bits per heavy atom. The summed E-state index contributed by atoms with van der Waals surface area (Å²) in [5.74, 6) is 0. The summed E-state index contributed by atoms with van der Waals surface area (Å²) < 4.78 is 14.5. The van der Waals surface area contributed by atoms with Gasteiger partial charge in [-0.2, -0.15) is 0 Å². The first-order valence-electron chi connectivity index (χ1n) is 31.2. The zero-order valence-corrected chi connectivity index (χ0v) is 53.1. The summed E-state index contributed by atoms with van der Waals surface area (Å²) in [7, 11) is -4.78. The molecule has 4 heteroatoms. The van der Waals surface area contributed by atoms with Crippen molar-refractivity contribution < 1.29 is 8.83 Å². The number of hydrogen-bond donors (Lipinski definition) is 0. The van der Waals surface area contributed by atoms with Gasteiger partial charge in [-0.3, -0.25) is 0 Å². The molecule has 0 bridgehead atoms. The van der Waals surface area contributed by atoms with Crippen LogP contribution in [0.25, 0.3) is 133 Å². The fourth-order valence-corrected chi connectivity index (χ4v) is 24.4. The first kappa shape index (κ1) is 49.7. The highest BCUT2D eigenvalue weighted by Crippen LogP contribution is 2.60. The molecule has 0 fully saturated rings. The summed E-state index contributed by atoms with van der Waals surface area (Å²) in [5, 5.41) is 10.8. The van der Waals surface area contributed by atoms with E-state index in [0.717, 1.165) is 22.3 Å². The first-order chi connectivity index (χ1) is 41.2. The summed E-state index contributed by atoms with van der Waals surface area (Å²) in [6.45, 7) is 29.7. The summed E-state index contributed by atoms with van der Waals surface area (Å²) in [6.07, 6.45) is 0. The van der Waals surface area contributed by atoms with Crippen LogP contribution in [-0.4, -0.2) is 16.1 Å². The van der Waals surface area contributed by atoms with Crippen molar-refractivity contribution in [1.29, 1.82) is 0 Å². The number of rotatable bonds is 2. The third-order valence-electron chi connectivity index (χ3n) is 23.1. The van der Waals surface area contributed by atoms with Crippen LogP contribution in [0.15, 0.2) is 191 Å². The van der Waals surface area contributed by atoms with Crippen molar-refractivity contribution in [2.75, 3.05) is 0 Å². The molecule has 4 heterocycles. The maximum absolute atomic E-state index is 7.31. The maximum Gasteiger partial charge on any atom is 0.143 e. The largest absolute Gasteiger partial charge is 0.455 e. The Morgan fingerprint density at radius 1 is 0.267 bits per heavy atom. The highest BCUT2D eigenvalue weighted by Gasteiger charge is 2.48. The average molecular weight is 1140 g/mol. The molecule has 0 radical (unpaired) electrons. The summed E-state index contributed by atoms with van der Waals surface area (Å²) >= 11 is 0. The molecule has 2 aromatic heterocycles. The monoisotopic (exact) mass is 1140 g/mol. The van der Waals surface area contributed by atoms with Gasteiger partial charge in [-0.1, -0.05) is 215 Å². The second kappa shape index (κ2) is 15.5. The molecule has 86 heavy (non-hydrogen) atoms. The molecular formula is C82H66O2Si2. The van der Waals surface area contributed by atoms with Crippen LogP contribution in [0.5, 0.6) is 0 Å². The van der Waals surface area contributed by atoms with Gasteiger partial charge in [0.05, 0.1) is 0 Å². The lowest BCUT2D eigenvalue weighted by Crippen LogP contribution is -2.51. The molecule has 11 aromatic carbocycles. The first-order valence-corrected chi connectivity index (χ1v) is 37.2. The molecule has 0 spiro atoms. The average Bonchev–Trinajstić information content (AvgIpc) is 1.60. The molecule has 0 amide bonds. The van der Waals surface area contributed by atoms with Gasteiger partial charge in [0.1, 0.15) is 38.5 Å². The molecule has 0 saturated heterocycles. The third kappa shape index (κ3) is 5.76. The Kier molecular flexibility index (Phi) is 8.97. The van der Waals surface area contributed by atoms with Crippen molar-refractivity contribution in [3.8, 4) is 89.0 Å². The van der Waals surface area contributed by atoms with E-state index < -0.39 is 16.1 Å². The zero-order chi connectivity index (χ0) is 58.4. The van der Waals surface area contributed by atoms with E-state index in [1.807, 2.05) is 0 Å². The predicted octanol–water partition coefficient (Wildman–Crippen LogP) is 19.7. The number of hydrogen-bond acceptors (Lipinski definition) is 2. The Balaban J connectivity index is 0.769. The Labute approximate surface area is 505 Å². The van der Waals surface area contributed by atoms with Crippen molar-refractivity contribution >= 4 is 80.8 Å². The van der Waals surface area contributed by atoms with Gasteiger partial charge in [-0.25, -0.2) is 0 Å². The number of furan rings is 2. The second-order valence-electron chi connectivity index (χ2n) is 29.5. The van der Waals surface area contributed by atoms with Crippen LogP contribution in [0.2, 0.25) is 26.2 Å². The van der Waals surface area contributed by atoms with E-state index in [1.54, 1.807) is 0 Å². The Hall–Kier alpha value is -8.55. The number of fused-ring (bicyclic) bond motifs is 26. The van der Waals surface area contributed by atoms with E-state index in [0.29, 0.717) is 0 Å². The van der Waals surface area contributed by atoms with E-state index in [-0.39, 0.29) is 21.7 Å². The molecule has 19 rings (SSSR count). The molecule has 0 unspecified atom stereocenters. The molecule has 414 valence electrons. The lowest BCUT2D eigenvalue weighted by molar-refractivity contribution is 0.652. The van der Waals surface area contributed by atoms with Crippen molar-refractivity contribution in [2.45, 2.75) is 103 Å². The molecule has 4 aliphatic carbocycles. The highest BCUT2D eigenvalue weighted by molar-refractivity contribution is 7.06. The Bertz CT molecular complexity index is 5410. The van der Waals surface area contributed by atoms with Crippen molar-refractivity contribution in [2.24, 2.45) is 0 Å². The van der Waals surface area contributed by atoms with Gasteiger partial charge in [-0.05, 0) is 192 Å². The van der Waals surface area contributed by atoms with E-state index in [2.05, 4.69) is 264 Å². The van der Waals surface area contributed by atoms with Crippen LogP contribution in [-0.2, 0) is 21.7 Å². The minimum atomic E-state index is -2.39. The molecule has 0 N–H and O–H groups in total. The minimum Gasteiger partial charge on any atom is -0.455 e. The topological polar surface area (TPSA) is 26.3 Å². The smallest absolute Gasteiger partial charge is 0.143 e. The van der Waals surface area contributed by atoms with Crippen LogP contribution < -0.4 is 20.7 Å². The van der Waals surface area contributed by atoms with Crippen LogP contribution in [0.4, 0.5) is 0 Å². The van der Waals surface area contributed by atoms with Crippen LogP contribution in [0.1, 0.15) is 99.9 Å². The standard InChI is InChI=1S/C82H66O2Si2/c1-79(2)59-25-17-13-21-45(59)53-35-65-55(37-63(53)79)47-31-29-43(33-61(47)81(65,5)6)51-39-72-75(78-73(51)49-23-15-19-27-67(49)84-78)58-42-69-57(41-70(58)86(72,11)12)74-71(85(69,9)10)40-52(77-76(74)50-24-16-20-28-68(50)83-77)44-30-32-48-56-38-64-54(36-66(56)82(7,8)62(48)34-44)46-22-14-18-26-60(46)80(64,3)4/h13-42H,1-12H3. The number of benzene rings is 11. The molecule has 2 aliphatic heterocycles. The van der Waals surface area contributed by atoms with E-state index in [9.17, 15) is 0 Å². The number of para-hydroxylation sites is 2. The lowest BCUT2D eigenvalue weighted by atomic mass is 9.79. The van der Waals surface area contributed by atoms with E-state index in [1.165, 1.54) is 176 Å². The van der Waals surface area contributed by atoms with Gasteiger partial charge in [0.15, 0.2) is 0 Å². The van der Waals surface area contributed by atoms with E-state index >= 15 is 0 Å². The molecule has 13 aromatic rings. The normalized spacial score (nSPS) is 17.6. The minimum absolute atomic E-state index is 0.0609. The molecule has 0 atom stereocenters. The SMILES string of the molecule is CC1(C)c2ccccc2-c2cc3c(cc21)-c1ccc(-c2cc4c(c5c2oc2ccccc25)-c2cc5c(cc2[Si]4(C)C)-c2c(cc(-c4ccc6c(c4)C(C)(C)c4cc7c(cc4-6)C(C)(C)c4ccccc4-7)c4c2oc2ccccc24)[Si]5(C)C)cc1C3(C)C.